The van der Waals surface area contributed by atoms with Crippen LogP contribution in [0.4, 0.5) is 0 Å². The van der Waals surface area contributed by atoms with Crippen LogP contribution < -0.4 is 10.5 Å². The molecule has 0 heterocycles. The van der Waals surface area contributed by atoms with Crippen molar-refractivity contribution in [3.63, 3.8) is 0 Å². The van der Waals surface area contributed by atoms with Gasteiger partial charge in [0, 0.05) is 12.0 Å². The number of primary amides is 1. The fourth-order valence-electron chi connectivity index (χ4n) is 2.63. The zero-order valence-corrected chi connectivity index (χ0v) is 13.2. The van der Waals surface area contributed by atoms with Crippen LogP contribution >= 0.6 is 0 Å². The Bertz CT molecular complexity index is 617. The number of hydrogen-bond acceptors (Lipinski definition) is 3. The summed E-state index contributed by atoms with van der Waals surface area (Å²) in [6.45, 7) is 4.11. The number of carbonyl (C=O) groups is 1. The van der Waals surface area contributed by atoms with Crippen LogP contribution in [0.2, 0.25) is 0 Å². The van der Waals surface area contributed by atoms with Gasteiger partial charge in [0.2, 0.25) is 15.9 Å². The van der Waals surface area contributed by atoms with Crippen molar-refractivity contribution in [2.24, 2.45) is 5.73 Å². The molecule has 1 saturated carbocycles. The van der Waals surface area contributed by atoms with E-state index in [2.05, 4.69) is 18.6 Å². The van der Waals surface area contributed by atoms with E-state index in [4.69, 9.17) is 5.73 Å². The molecular weight excluding hydrogens is 288 g/mol. The van der Waals surface area contributed by atoms with Crippen molar-refractivity contribution >= 4 is 15.9 Å². The highest BCUT2D eigenvalue weighted by atomic mass is 32.2. The lowest BCUT2D eigenvalue weighted by Crippen LogP contribution is -2.55. The topological polar surface area (TPSA) is 89.3 Å². The van der Waals surface area contributed by atoms with Crippen LogP contribution in [0.25, 0.3) is 0 Å². The van der Waals surface area contributed by atoms with E-state index in [9.17, 15) is 13.2 Å². The first kappa shape index (κ1) is 16.0. The number of carbonyl (C=O) groups excluding carboxylic acids is 1. The number of amides is 1. The Balaban J connectivity index is 2.19. The summed E-state index contributed by atoms with van der Waals surface area (Å²) in [6.07, 6.45) is 2.26. The third-order valence-electron chi connectivity index (χ3n) is 4.03. The molecule has 1 aliphatic rings. The number of sulfonamides is 1. The number of nitrogens with two attached hydrogens (primary N) is 1. The van der Waals surface area contributed by atoms with E-state index in [1.54, 1.807) is 12.1 Å². The molecule has 0 atom stereocenters. The smallest absolute Gasteiger partial charge is 0.241 e. The van der Waals surface area contributed by atoms with Crippen LogP contribution in [0.3, 0.4) is 0 Å². The van der Waals surface area contributed by atoms with Gasteiger partial charge in [-0.15, -0.1) is 0 Å². The minimum Gasteiger partial charge on any atom is -0.370 e. The fourth-order valence-corrected chi connectivity index (χ4v) is 4.09. The lowest BCUT2D eigenvalue weighted by molar-refractivity contribution is -0.120. The first-order valence-corrected chi connectivity index (χ1v) is 8.65. The Morgan fingerprint density at radius 3 is 2.24 bits per heavy atom. The minimum atomic E-state index is -3.62. The molecule has 21 heavy (non-hydrogen) atoms. The highest BCUT2D eigenvalue weighted by Gasteiger charge is 2.41. The van der Waals surface area contributed by atoms with Gasteiger partial charge in [0.25, 0.3) is 0 Å². The molecule has 0 radical (unpaired) electrons. The maximum Gasteiger partial charge on any atom is 0.241 e. The molecular formula is C15H22N2O3S. The number of nitrogens with one attached hydrogen (secondary N) is 1. The minimum absolute atomic E-state index is 0.0519. The Hall–Kier alpha value is -1.40. The van der Waals surface area contributed by atoms with Crippen LogP contribution in [0.5, 0.6) is 0 Å². The maximum atomic E-state index is 12.4. The van der Waals surface area contributed by atoms with Gasteiger partial charge in [-0.2, -0.15) is 0 Å². The number of benzene rings is 1. The summed E-state index contributed by atoms with van der Waals surface area (Å²) in [6, 6.07) is 6.85. The van der Waals surface area contributed by atoms with Crippen molar-refractivity contribution in [3.8, 4) is 0 Å². The molecule has 5 nitrogen and oxygen atoms in total. The SMILES string of the molecule is CC(C)c1ccc(S(=O)(=O)NC2(CC(N)=O)CCC2)cc1. The van der Waals surface area contributed by atoms with Gasteiger partial charge in [-0.3, -0.25) is 4.79 Å². The van der Waals surface area contributed by atoms with Crippen molar-refractivity contribution < 1.29 is 13.2 Å². The van der Waals surface area contributed by atoms with Crippen molar-refractivity contribution in [1.29, 1.82) is 0 Å². The van der Waals surface area contributed by atoms with Crippen LogP contribution in [0.1, 0.15) is 51.0 Å². The molecule has 6 heteroatoms. The molecule has 1 aliphatic carbocycles. The Morgan fingerprint density at radius 2 is 1.86 bits per heavy atom. The lowest BCUT2D eigenvalue weighted by atomic mass is 9.75. The standard InChI is InChI=1S/C15H22N2O3S/c1-11(2)12-4-6-13(7-5-12)21(19,20)17-15(8-3-9-15)10-14(16)18/h4-7,11,17H,3,8-10H2,1-2H3,(H2,16,18). The number of rotatable bonds is 6. The first-order chi connectivity index (χ1) is 9.74. The molecule has 0 aromatic heterocycles. The molecule has 1 amide bonds. The normalized spacial score (nSPS) is 17.5. The summed E-state index contributed by atoms with van der Waals surface area (Å²) in [5.41, 5.74) is 5.62. The van der Waals surface area contributed by atoms with E-state index in [-0.39, 0.29) is 11.3 Å². The van der Waals surface area contributed by atoms with Crippen LogP contribution in [0.15, 0.2) is 29.2 Å². The second kappa shape index (κ2) is 5.77. The monoisotopic (exact) mass is 310 g/mol. The van der Waals surface area contributed by atoms with E-state index in [1.807, 2.05) is 12.1 Å². The zero-order chi connectivity index (χ0) is 15.7. The molecule has 3 N–H and O–H groups in total. The fraction of sp³-hybridized carbons (Fsp3) is 0.533. The molecule has 0 unspecified atom stereocenters. The molecule has 1 aromatic carbocycles. The van der Waals surface area contributed by atoms with E-state index in [1.165, 1.54) is 0 Å². The second-order valence-electron chi connectivity index (χ2n) is 6.11. The number of hydrogen-bond donors (Lipinski definition) is 2. The summed E-state index contributed by atoms with van der Waals surface area (Å²) >= 11 is 0. The summed E-state index contributed by atoms with van der Waals surface area (Å²) in [4.78, 5) is 11.4. The van der Waals surface area contributed by atoms with Crippen molar-refractivity contribution in [3.05, 3.63) is 29.8 Å². The molecule has 2 rings (SSSR count). The van der Waals surface area contributed by atoms with E-state index in [0.29, 0.717) is 18.8 Å². The molecule has 0 spiro atoms. The van der Waals surface area contributed by atoms with Gasteiger partial charge in [-0.25, -0.2) is 13.1 Å². The third-order valence-corrected chi connectivity index (χ3v) is 5.63. The summed E-state index contributed by atoms with van der Waals surface area (Å²) < 4.78 is 27.6. The summed E-state index contributed by atoms with van der Waals surface area (Å²) in [7, 11) is -3.62. The molecule has 116 valence electrons. The Morgan fingerprint density at radius 1 is 1.29 bits per heavy atom. The first-order valence-electron chi connectivity index (χ1n) is 7.16. The van der Waals surface area contributed by atoms with Crippen molar-refractivity contribution in [2.45, 2.75) is 55.9 Å². The van der Waals surface area contributed by atoms with Gasteiger partial charge >= 0.3 is 0 Å². The molecule has 0 bridgehead atoms. The van der Waals surface area contributed by atoms with Gasteiger partial charge < -0.3 is 5.73 Å². The van der Waals surface area contributed by atoms with Crippen LogP contribution in [-0.4, -0.2) is 19.9 Å². The van der Waals surface area contributed by atoms with E-state index in [0.717, 1.165) is 12.0 Å². The molecule has 1 aromatic rings. The summed E-state index contributed by atoms with van der Waals surface area (Å²) in [5, 5.41) is 0. The van der Waals surface area contributed by atoms with Gasteiger partial charge in [0.05, 0.1) is 4.90 Å². The zero-order valence-electron chi connectivity index (χ0n) is 12.4. The molecule has 1 fully saturated rings. The van der Waals surface area contributed by atoms with Crippen molar-refractivity contribution in [1.82, 2.24) is 4.72 Å². The van der Waals surface area contributed by atoms with Gasteiger partial charge in [0.1, 0.15) is 0 Å². The average Bonchev–Trinajstić information content (AvgIpc) is 2.35. The average molecular weight is 310 g/mol. The van der Waals surface area contributed by atoms with Gasteiger partial charge in [-0.1, -0.05) is 26.0 Å². The van der Waals surface area contributed by atoms with Crippen LogP contribution in [-0.2, 0) is 14.8 Å². The third kappa shape index (κ3) is 3.63. The maximum absolute atomic E-state index is 12.4. The predicted molar refractivity (Wildman–Crippen MR) is 81.2 cm³/mol. The van der Waals surface area contributed by atoms with E-state index < -0.39 is 21.5 Å². The Kier molecular flexibility index (Phi) is 4.39. The van der Waals surface area contributed by atoms with Gasteiger partial charge in [-0.05, 0) is 42.9 Å². The van der Waals surface area contributed by atoms with Gasteiger partial charge in [0.15, 0.2) is 0 Å². The quantitative estimate of drug-likeness (QED) is 0.840. The van der Waals surface area contributed by atoms with E-state index >= 15 is 0 Å². The van der Waals surface area contributed by atoms with Crippen LogP contribution in [0, 0.1) is 0 Å². The predicted octanol–water partition coefficient (Wildman–Crippen LogP) is 1.89. The second-order valence-corrected chi connectivity index (χ2v) is 7.79. The highest BCUT2D eigenvalue weighted by molar-refractivity contribution is 7.89. The Labute approximate surface area is 126 Å². The highest BCUT2D eigenvalue weighted by Crippen LogP contribution is 2.36. The lowest BCUT2D eigenvalue weighted by Gasteiger charge is -2.41. The summed E-state index contributed by atoms with van der Waals surface area (Å²) in [5.74, 6) is -0.130. The van der Waals surface area contributed by atoms with Crippen molar-refractivity contribution in [2.75, 3.05) is 0 Å². The molecule has 0 aliphatic heterocycles. The largest absolute Gasteiger partial charge is 0.370 e. The molecule has 0 saturated heterocycles.